The topological polar surface area (TPSA) is 70.0 Å². The molecular weight excluding hydrogens is 388 g/mol. The predicted octanol–water partition coefficient (Wildman–Crippen LogP) is 6.24. The molecule has 5 heteroatoms. The number of benzene rings is 1. The van der Waals surface area contributed by atoms with Crippen molar-refractivity contribution in [1.82, 2.24) is 4.90 Å². The van der Waals surface area contributed by atoms with E-state index in [1.807, 2.05) is 19.1 Å². The van der Waals surface area contributed by atoms with E-state index in [9.17, 15) is 14.7 Å². The molecule has 1 atom stereocenters. The molecule has 5 nitrogen and oxygen atoms in total. The number of hydrogen-bond acceptors (Lipinski definition) is 3. The first-order valence-electron chi connectivity index (χ1n) is 11.9. The lowest BCUT2D eigenvalue weighted by Crippen LogP contribution is -2.51. The molecule has 1 aromatic carbocycles. The molecule has 170 valence electrons. The molecule has 1 saturated carbocycles. The molecule has 1 aliphatic carbocycles. The Bertz CT molecular complexity index is 827. The third-order valence-corrected chi connectivity index (χ3v) is 7.29. The highest BCUT2D eigenvalue weighted by molar-refractivity contribution is 6.40. The van der Waals surface area contributed by atoms with Gasteiger partial charge in [0.05, 0.1) is 11.6 Å². The van der Waals surface area contributed by atoms with Gasteiger partial charge in [-0.3, -0.25) is 9.79 Å². The number of unbranched alkanes of at least 4 members (excludes halogenated alkanes) is 1. The van der Waals surface area contributed by atoms with Gasteiger partial charge < -0.3 is 10.0 Å². The Morgan fingerprint density at radius 1 is 1.19 bits per heavy atom. The summed E-state index contributed by atoms with van der Waals surface area (Å²) in [6.45, 7) is 11.1. The zero-order valence-corrected chi connectivity index (χ0v) is 19.8. The Balaban J connectivity index is 1.97. The van der Waals surface area contributed by atoms with Gasteiger partial charge in [0, 0.05) is 0 Å². The Kier molecular flexibility index (Phi) is 6.92. The lowest BCUT2D eigenvalue weighted by molar-refractivity contribution is -0.134. The van der Waals surface area contributed by atoms with E-state index in [0.29, 0.717) is 18.1 Å². The SMILES string of the molecule is CCCCC(c1ccc(C(=O)O)cc1)N1C(=O)C(CC)=NC12CCC(C(C)(C)C)CC2. The zero-order valence-electron chi connectivity index (χ0n) is 19.8. The molecule has 31 heavy (non-hydrogen) atoms. The van der Waals surface area contributed by atoms with Crippen molar-refractivity contribution < 1.29 is 14.7 Å². The molecule has 2 aliphatic rings. The lowest BCUT2D eigenvalue weighted by Gasteiger charge is -2.47. The van der Waals surface area contributed by atoms with Crippen molar-refractivity contribution in [2.75, 3.05) is 0 Å². The van der Waals surface area contributed by atoms with Crippen LogP contribution < -0.4 is 0 Å². The second kappa shape index (κ2) is 9.13. The van der Waals surface area contributed by atoms with Crippen molar-refractivity contribution in [3.8, 4) is 0 Å². The fraction of sp³-hybridized carbons (Fsp3) is 0.654. The molecular formula is C26H38N2O3. The van der Waals surface area contributed by atoms with E-state index in [2.05, 4.69) is 32.6 Å². The third kappa shape index (κ3) is 4.70. The van der Waals surface area contributed by atoms with E-state index >= 15 is 0 Å². The Labute approximate surface area is 186 Å². The number of amides is 1. The van der Waals surface area contributed by atoms with Crippen LogP contribution in [-0.4, -0.2) is 33.3 Å². The highest BCUT2D eigenvalue weighted by Gasteiger charge is 2.51. The summed E-state index contributed by atoms with van der Waals surface area (Å²) in [5.74, 6) is -0.220. The zero-order chi connectivity index (χ0) is 22.8. The van der Waals surface area contributed by atoms with Crippen LogP contribution in [0.4, 0.5) is 0 Å². The molecule has 1 spiro atoms. The molecule has 1 aliphatic heterocycles. The van der Waals surface area contributed by atoms with Crippen LogP contribution in [0.15, 0.2) is 29.3 Å². The van der Waals surface area contributed by atoms with Crippen LogP contribution in [0.5, 0.6) is 0 Å². The average Bonchev–Trinajstić information content (AvgIpc) is 3.00. The molecule has 3 rings (SSSR count). The number of aromatic carboxylic acids is 1. The molecule has 0 aromatic heterocycles. The monoisotopic (exact) mass is 426 g/mol. The molecule has 1 heterocycles. The summed E-state index contributed by atoms with van der Waals surface area (Å²) in [5, 5.41) is 9.28. The number of carboxylic acid groups (broad SMARTS) is 1. The highest BCUT2D eigenvalue weighted by atomic mass is 16.4. The molecule has 0 radical (unpaired) electrons. The molecule has 1 amide bonds. The van der Waals surface area contributed by atoms with Gasteiger partial charge in [0.1, 0.15) is 11.4 Å². The summed E-state index contributed by atoms with van der Waals surface area (Å²) in [7, 11) is 0. The van der Waals surface area contributed by atoms with Crippen LogP contribution in [0.1, 0.15) is 108 Å². The van der Waals surface area contributed by atoms with E-state index in [-0.39, 0.29) is 22.9 Å². The Morgan fingerprint density at radius 3 is 2.29 bits per heavy atom. The van der Waals surface area contributed by atoms with Crippen LogP contribution in [0.3, 0.4) is 0 Å². The van der Waals surface area contributed by atoms with Gasteiger partial charge >= 0.3 is 5.97 Å². The Morgan fingerprint density at radius 2 is 1.81 bits per heavy atom. The number of carbonyl (C=O) groups is 2. The number of carboxylic acids is 1. The van der Waals surface area contributed by atoms with E-state index < -0.39 is 11.6 Å². The lowest BCUT2D eigenvalue weighted by atomic mass is 9.69. The van der Waals surface area contributed by atoms with Crippen LogP contribution in [0.25, 0.3) is 0 Å². The van der Waals surface area contributed by atoms with Crippen molar-refractivity contribution in [2.45, 2.75) is 97.7 Å². The van der Waals surface area contributed by atoms with Crippen LogP contribution in [-0.2, 0) is 4.79 Å². The van der Waals surface area contributed by atoms with Gasteiger partial charge in [-0.25, -0.2) is 4.79 Å². The number of hydrogen-bond donors (Lipinski definition) is 1. The van der Waals surface area contributed by atoms with Crippen molar-refractivity contribution in [3.05, 3.63) is 35.4 Å². The maximum Gasteiger partial charge on any atom is 0.335 e. The van der Waals surface area contributed by atoms with E-state index in [4.69, 9.17) is 4.99 Å². The summed E-state index contributed by atoms with van der Waals surface area (Å²) in [6.07, 6.45) is 7.53. The average molecular weight is 427 g/mol. The molecule has 0 saturated heterocycles. The minimum absolute atomic E-state index is 0.0696. The van der Waals surface area contributed by atoms with Crippen LogP contribution in [0.2, 0.25) is 0 Å². The van der Waals surface area contributed by atoms with Crippen molar-refractivity contribution >= 4 is 17.6 Å². The maximum absolute atomic E-state index is 13.5. The van der Waals surface area contributed by atoms with Crippen molar-refractivity contribution in [1.29, 1.82) is 0 Å². The fourth-order valence-corrected chi connectivity index (χ4v) is 5.33. The highest BCUT2D eigenvalue weighted by Crippen LogP contribution is 2.49. The number of aliphatic imine (C=N–C) groups is 1. The molecule has 1 fully saturated rings. The summed E-state index contributed by atoms with van der Waals surface area (Å²) < 4.78 is 0. The number of rotatable bonds is 7. The first-order valence-corrected chi connectivity index (χ1v) is 11.9. The Hall–Kier alpha value is -2.17. The smallest absolute Gasteiger partial charge is 0.335 e. The summed E-state index contributed by atoms with van der Waals surface area (Å²) >= 11 is 0. The summed E-state index contributed by atoms with van der Waals surface area (Å²) in [5.41, 5.74) is 1.79. The number of carbonyl (C=O) groups excluding carboxylic acids is 1. The van der Waals surface area contributed by atoms with E-state index in [1.165, 1.54) is 0 Å². The van der Waals surface area contributed by atoms with Crippen LogP contribution >= 0.6 is 0 Å². The molecule has 1 aromatic rings. The van der Waals surface area contributed by atoms with E-state index in [0.717, 1.165) is 50.5 Å². The third-order valence-electron chi connectivity index (χ3n) is 7.29. The standard InChI is InChI=1S/C26H38N2O3/c1-6-8-9-22(18-10-12-19(13-11-18)24(30)31)28-23(29)21(7-2)27-26(28)16-14-20(15-17-26)25(3,4)5/h10-13,20,22H,6-9,14-17H2,1-5H3,(H,30,31). The minimum atomic E-state index is -0.928. The van der Waals surface area contributed by atoms with Gasteiger partial charge in [0.25, 0.3) is 5.91 Å². The van der Waals surface area contributed by atoms with Gasteiger partial charge in [-0.1, -0.05) is 59.6 Å². The van der Waals surface area contributed by atoms with Crippen molar-refractivity contribution in [2.24, 2.45) is 16.3 Å². The van der Waals surface area contributed by atoms with Gasteiger partial charge in [0.15, 0.2) is 0 Å². The van der Waals surface area contributed by atoms with Gasteiger partial charge in [0.2, 0.25) is 0 Å². The number of nitrogens with zero attached hydrogens (tertiary/aromatic N) is 2. The minimum Gasteiger partial charge on any atom is -0.478 e. The second-order valence-corrected chi connectivity index (χ2v) is 10.3. The predicted molar refractivity (Wildman–Crippen MR) is 124 cm³/mol. The maximum atomic E-state index is 13.5. The van der Waals surface area contributed by atoms with E-state index in [1.54, 1.807) is 12.1 Å². The largest absolute Gasteiger partial charge is 0.478 e. The fourth-order valence-electron chi connectivity index (χ4n) is 5.33. The second-order valence-electron chi connectivity index (χ2n) is 10.3. The molecule has 1 unspecified atom stereocenters. The van der Waals surface area contributed by atoms with Gasteiger partial charge in [-0.15, -0.1) is 0 Å². The van der Waals surface area contributed by atoms with Crippen molar-refractivity contribution in [3.63, 3.8) is 0 Å². The summed E-state index contributed by atoms with van der Waals surface area (Å²) in [6, 6.07) is 7.00. The first kappa shape index (κ1) is 23.5. The van der Waals surface area contributed by atoms with Gasteiger partial charge in [-0.05, 0) is 67.6 Å². The summed E-state index contributed by atoms with van der Waals surface area (Å²) in [4.78, 5) is 32.0. The van der Waals surface area contributed by atoms with Crippen LogP contribution in [0, 0.1) is 11.3 Å². The first-order chi connectivity index (χ1) is 14.6. The normalized spacial score (nSPS) is 25.1. The molecule has 1 N–H and O–H groups in total. The van der Waals surface area contributed by atoms with Gasteiger partial charge in [-0.2, -0.15) is 0 Å². The molecule has 0 bridgehead atoms. The quantitative estimate of drug-likeness (QED) is 0.561.